The lowest BCUT2D eigenvalue weighted by Crippen LogP contribution is -2.49. The summed E-state index contributed by atoms with van der Waals surface area (Å²) >= 11 is 2.38. The van der Waals surface area contributed by atoms with Gasteiger partial charge in [0.25, 0.3) is 11.8 Å². The minimum absolute atomic E-state index is 0.0611. The maximum absolute atomic E-state index is 12.4. The highest BCUT2D eigenvalue weighted by Crippen LogP contribution is 2.30. The van der Waals surface area contributed by atoms with Crippen LogP contribution in [0.5, 0.6) is 11.8 Å². The second kappa shape index (κ2) is 33.2. The third kappa shape index (κ3) is 22.0. The number of carbonyl (C=O) groups excluding carboxylic acids is 1. The minimum atomic E-state index is -0.0611. The van der Waals surface area contributed by atoms with Gasteiger partial charge in [-0.25, -0.2) is 0 Å². The molecule has 1 aliphatic heterocycles. The van der Waals surface area contributed by atoms with Crippen molar-refractivity contribution in [3.8, 4) is 11.8 Å². The molecule has 0 N–H and O–H groups in total. The Balaban J connectivity index is 0.00000145. The lowest BCUT2D eigenvalue weighted by atomic mass is 10.0. The van der Waals surface area contributed by atoms with E-state index in [4.69, 9.17) is 14.2 Å². The number of methoxy groups -OCH3 is 1. The third-order valence-corrected chi connectivity index (χ3v) is 9.86. The van der Waals surface area contributed by atoms with Crippen LogP contribution in [0, 0.1) is 0 Å². The second-order valence-electron chi connectivity index (χ2n) is 13.2. The smallest absolute Gasteiger partial charge is 0.310 e. The van der Waals surface area contributed by atoms with Crippen molar-refractivity contribution in [2.24, 2.45) is 0 Å². The second-order valence-corrected chi connectivity index (χ2v) is 14.3. The molecular weight excluding hydrogens is 691 g/mol. The molecule has 0 amide bonds. The number of esters is 1. The van der Waals surface area contributed by atoms with Crippen molar-refractivity contribution in [2.75, 3.05) is 40.6 Å². The molecule has 0 bridgehead atoms. The van der Waals surface area contributed by atoms with Crippen LogP contribution in [0.2, 0.25) is 0 Å². The number of unbranched alkanes of at least 4 members (excludes halogenated alkanes) is 14. The van der Waals surface area contributed by atoms with Gasteiger partial charge in [-0.15, -0.1) is 8.75 Å². The van der Waals surface area contributed by atoms with Crippen LogP contribution in [0.4, 0.5) is 0 Å². The number of allylic oxidation sites excluding steroid dienone is 2. The highest BCUT2D eigenvalue weighted by Gasteiger charge is 2.31. The molecule has 0 spiro atoms. The first-order valence-corrected chi connectivity index (χ1v) is 22.0. The zero-order chi connectivity index (χ0) is 38.9. The first-order chi connectivity index (χ1) is 25.4. The highest BCUT2D eigenvalue weighted by atomic mass is 32.1. The molecule has 9 nitrogen and oxygen atoms in total. The van der Waals surface area contributed by atoms with Crippen molar-refractivity contribution >= 4 is 40.6 Å². The van der Waals surface area contributed by atoms with Crippen molar-refractivity contribution in [3.63, 3.8) is 0 Å². The number of ether oxygens (including phenoxy) is 3. The molecule has 0 radical (unpaired) electrons. The summed E-state index contributed by atoms with van der Waals surface area (Å²) in [5.41, 5.74) is 3.96. The first kappa shape index (κ1) is 49.6. The van der Waals surface area contributed by atoms with E-state index in [0.29, 0.717) is 36.0 Å². The molecular formula is C41H76N5O4S2+. The van der Waals surface area contributed by atoms with Gasteiger partial charge in [0, 0.05) is 18.4 Å². The number of nitrogens with zero attached hydrogens (tertiary/aromatic N) is 5. The Labute approximate surface area is 327 Å². The van der Waals surface area contributed by atoms with Crippen LogP contribution in [0.3, 0.4) is 0 Å². The Bertz CT molecular complexity index is 1200. The minimum Gasteiger partial charge on any atom is -0.479 e. The quantitative estimate of drug-likeness (QED) is 0.0592. The Kier molecular flexibility index (Phi) is 31.7. The van der Waals surface area contributed by atoms with Crippen LogP contribution in [-0.4, -0.2) is 68.5 Å². The van der Waals surface area contributed by atoms with E-state index in [1.807, 2.05) is 47.6 Å². The van der Waals surface area contributed by atoms with Crippen molar-refractivity contribution < 1.29 is 23.5 Å². The van der Waals surface area contributed by atoms with Gasteiger partial charge in [0.1, 0.15) is 17.9 Å². The molecule has 300 valence electrons. The van der Waals surface area contributed by atoms with Crippen molar-refractivity contribution in [3.05, 3.63) is 23.5 Å². The molecule has 3 rings (SSSR count). The summed E-state index contributed by atoms with van der Waals surface area (Å²) in [6, 6.07) is 0. The fourth-order valence-corrected chi connectivity index (χ4v) is 6.77. The summed E-state index contributed by atoms with van der Waals surface area (Å²) in [6.07, 6.45) is 26.0. The van der Waals surface area contributed by atoms with Gasteiger partial charge < -0.3 is 14.2 Å². The predicted molar refractivity (Wildman–Crippen MR) is 223 cm³/mol. The van der Waals surface area contributed by atoms with E-state index in [-0.39, 0.29) is 5.97 Å². The molecule has 11 heteroatoms. The molecule has 1 atom stereocenters. The van der Waals surface area contributed by atoms with Crippen molar-refractivity contribution in [1.29, 1.82) is 0 Å². The highest BCUT2D eigenvalue weighted by molar-refractivity contribution is 6.99. The molecule has 52 heavy (non-hydrogen) atoms. The van der Waals surface area contributed by atoms with Crippen molar-refractivity contribution in [1.82, 2.24) is 17.5 Å². The van der Waals surface area contributed by atoms with Gasteiger partial charge in [-0.1, -0.05) is 144 Å². The van der Waals surface area contributed by atoms with Crippen LogP contribution in [0.25, 0.3) is 11.1 Å². The Morgan fingerprint density at radius 2 is 1.33 bits per heavy atom. The average Bonchev–Trinajstić information content (AvgIpc) is 3.86. The standard InChI is InChI=1S/C30H54N3O3S.C7H10N2OS.2C2H6/c1-4-6-8-10-11-12-13-14-15-16-17-18-22-28(34)36-26-33(3)23-20-21-27(25-33)29-30(32-37-31-29)35-24-19-9-7-5-2;1-4-5(2)6-7(10-3)9-11-8-6;2*1-2/h21H,4-20,22-26H2,1-3H3;4H,1-3H3;2*1-2H3/q+1;;;/b;5-4+;;. The Morgan fingerprint density at radius 1 is 0.788 bits per heavy atom. The van der Waals surface area contributed by atoms with Gasteiger partial charge in [-0.2, -0.15) is 8.75 Å². The average molecular weight is 767 g/mol. The van der Waals surface area contributed by atoms with Gasteiger partial charge in [-0.3, -0.25) is 9.28 Å². The van der Waals surface area contributed by atoms with E-state index < -0.39 is 0 Å². The van der Waals surface area contributed by atoms with Crippen LogP contribution >= 0.6 is 23.5 Å². The van der Waals surface area contributed by atoms with E-state index in [2.05, 4.69) is 44.5 Å². The van der Waals surface area contributed by atoms with Crippen LogP contribution in [0.1, 0.15) is 182 Å². The lowest BCUT2D eigenvalue weighted by Gasteiger charge is -2.36. The molecule has 0 saturated heterocycles. The fourth-order valence-electron chi connectivity index (χ4n) is 5.66. The SMILES string of the molecule is C/C=C(\C)c1nsnc1OC.CC.CC.CCCCCCCCCCCCCCC(=O)OC[N+]1(C)CCC=C(c2nsnc2OCCCCCC)C1. The Morgan fingerprint density at radius 3 is 1.90 bits per heavy atom. The molecule has 1 aliphatic rings. The van der Waals surface area contributed by atoms with Crippen LogP contribution in [-0.2, 0) is 9.53 Å². The molecule has 0 aliphatic carbocycles. The van der Waals surface area contributed by atoms with E-state index in [1.54, 1.807) is 7.11 Å². The summed E-state index contributed by atoms with van der Waals surface area (Å²) in [5, 5.41) is 0. The number of rotatable bonds is 24. The first-order valence-electron chi connectivity index (χ1n) is 20.5. The number of quaternary nitrogens is 1. The van der Waals surface area contributed by atoms with Crippen LogP contribution < -0.4 is 9.47 Å². The molecule has 2 aromatic heterocycles. The number of likely N-dealkylation sites (N-methyl/N-ethyl adjacent to an activating group) is 1. The predicted octanol–water partition coefficient (Wildman–Crippen LogP) is 12.3. The zero-order valence-electron chi connectivity index (χ0n) is 34.9. The summed E-state index contributed by atoms with van der Waals surface area (Å²) in [6.45, 7) is 19.3. The summed E-state index contributed by atoms with van der Waals surface area (Å²) in [5.74, 6) is 1.21. The summed E-state index contributed by atoms with van der Waals surface area (Å²) < 4.78 is 34.4. The third-order valence-electron chi connectivity index (χ3n) is 8.84. The van der Waals surface area contributed by atoms with Gasteiger partial charge in [0.2, 0.25) is 6.73 Å². The Hall–Kier alpha value is -2.37. The largest absolute Gasteiger partial charge is 0.479 e. The van der Waals surface area contributed by atoms with Gasteiger partial charge in [0.05, 0.1) is 50.8 Å². The maximum Gasteiger partial charge on any atom is 0.310 e. The maximum atomic E-state index is 12.4. The topological polar surface area (TPSA) is 96.3 Å². The monoisotopic (exact) mass is 767 g/mol. The van der Waals surface area contributed by atoms with E-state index in [1.165, 1.54) is 107 Å². The van der Waals surface area contributed by atoms with E-state index in [9.17, 15) is 4.79 Å². The fraction of sp³-hybridized carbons (Fsp3) is 0.780. The molecule has 2 aromatic rings. The summed E-state index contributed by atoms with van der Waals surface area (Å²) in [4.78, 5) is 12.4. The summed E-state index contributed by atoms with van der Waals surface area (Å²) in [7, 11) is 3.76. The normalized spacial score (nSPS) is 15.2. The van der Waals surface area contributed by atoms with Gasteiger partial charge in [-0.05, 0) is 32.3 Å². The van der Waals surface area contributed by atoms with Crippen LogP contribution in [0.15, 0.2) is 12.2 Å². The molecule has 0 aromatic carbocycles. The molecule has 1 unspecified atom stereocenters. The number of carbonyl (C=O) groups is 1. The molecule has 0 fully saturated rings. The van der Waals surface area contributed by atoms with Gasteiger partial charge >= 0.3 is 5.97 Å². The number of hydrogen-bond donors (Lipinski definition) is 0. The van der Waals surface area contributed by atoms with E-state index >= 15 is 0 Å². The van der Waals surface area contributed by atoms with Gasteiger partial charge in [0.15, 0.2) is 0 Å². The van der Waals surface area contributed by atoms with Crippen molar-refractivity contribution in [2.45, 2.75) is 171 Å². The molecule has 3 heterocycles. The number of aromatic nitrogens is 4. The lowest BCUT2D eigenvalue weighted by molar-refractivity contribution is -0.919. The molecule has 0 saturated carbocycles. The zero-order valence-corrected chi connectivity index (χ0v) is 36.5. The van der Waals surface area contributed by atoms with E-state index in [0.717, 1.165) is 61.3 Å². The number of hydrogen-bond acceptors (Lipinski definition) is 10.